The van der Waals surface area contributed by atoms with Crippen molar-refractivity contribution >= 4 is 0 Å². The molecular formula is C10H20O. The second-order valence-electron chi connectivity index (χ2n) is 4.24. The molecule has 1 rings (SSSR count). The number of hydrogen-bond acceptors (Lipinski definition) is 1. The zero-order chi connectivity index (χ0) is 8.27. The molecule has 1 aliphatic carbocycles. The molecule has 1 fully saturated rings. The van der Waals surface area contributed by atoms with Crippen molar-refractivity contribution in [2.75, 3.05) is 0 Å². The van der Waals surface area contributed by atoms with Crippen LogP contribution in [0, 0.1) is 11.8 Å². The summed E-state index contributed by atoms with van der Waals surface area (Å²) in [6.07, 6.45) is 6.06. The summed E-state index contributed by atoms with van der Waals surface area (Å²) in [5, 5.41) is 9.62. The van der Waals surface area contributed by atoms with E-state index in [9.17, 15) is 5.11 Å². The molecule has 0 aromatic carbocycles. The lowest BCUT2D eigenvalue weighted by molar-refractivity contribution is 0.0587. The van der Waals surface area contributed by atoms with Crippen LogP contribution in [0.4, 0.5) is 0 Å². The summed E-state index contributed by atoms with van der Waals surface area (Å²) >= 11 is 0. The molecule has 1 nitrogen and oxygen atoms in total. The number of hydrogen-bond donors (Lipinski definition) is 1. The van der Waals surface area contributed by atoms with E-state index in [1.54, 1.807) is 0 Å². The summed E-state index contributed by atoms with van der Waals surface area (Å²) in [6, 6.07) is 0. The third-order valence-electron chi connectivity index (χ3n) is 2.64. The van der Waals surface area contributed by atoms with E-state index >= 15 is 0 Å². The number of aliphatic hydroxyl groups excluding tert-OH is 1. The van der Waals surface area contributed by atoms with Crippen LogP contribution < -0.4 is 0 Å². The number of rotatable bonds is 2. The minimum absolute atomic E-state index is 0.00569. The molecule has 1 aliphatic rings. The lowest BCUT2D eigenvalue weighted by Gasteiger charge is -2.28. The fourth-order valence-electron chi connectivity index (χ4n) is 2.07. The lowest BCUT2D eigenvalue weighted by atomic mass is 9.81. The smallest absolute Gasteiger partial charge is 0.0568 e. The van der Waals surface area contributed by atoms with Gasteiger partial charge in [0.1, 0.15) is 0 Å². The van der Waals surface area contributed by atoms with Gasteiger partial charge in [0, 0.05) is 0 Å². The minimum Gasteiger partial charge on any atom is -0.393 e. The van der Waals surface area contributed by atoms with E-state index in [-0.39, 0.29) is 6.10 Å². The van der Waals surface area contributed by atoms with Gasteiger partial charge in [-0.1, -0.05) is 26.7 Å². The Bertz CT molecular complexity index is 109. The Labute approximate surface area is 69.8 Å². The third-order valence-corrected chi connectivity index (χ3v) is 2.64. The van der Waals surface area contributed by atoms with Crippen LogP contribution in [0.1, 0.15) is 46.0 Å². The summed E-state index contributed by atoms with van der Waals surface area (Å²) in [6.45, 7) is 4.47. The number of aliphatic hydroxyl groups is 1. The molecule has 1 saturated carbocycles. The first-order valence-electron chi connectivity index (χ1n) is 4.88. The average molecular weight is 156 g/mol. The van der Waals surface area contributed by atoms with Crippen LogP contribution in [0.2, 0.25) is 0 Å². The summed E-state index contributed by atoms with van der Waals surface area (Å²) in [7, 11) is 0. The highest BCUT2D eigenvalue weighted by Crippen LogP contribution is 2.29. The Hall–Kier alpha value is -0.0400. The molecular weight excluding hydrogens is 136 g/mol. The van der Waals surface area contributed by atoms with Crippen molar-refractivity contribution < 1.29 is 5.11 Å². The van der Waals surface area contributed by atoms with E-state index in [0.717, 1.165) is 12.3 Å². The molecule has 1 heteroatoms. The van der Waals surface area contributed by atoms with Crippen LogP contribution in [-0.2, 0) is 0 Å². The predicted molar refractivity (Wildman–Crippen MR) is 47.4 cm³/mol. The van der Waals surface area contributed by atoms with Gasteiger partial charge < -0.3 is 5.11 Å². The Morgan fingerprint density at radius 3 is 2.45 bits per heavy atom. The summed E-state index contributed by atoms with van der Waals surface area (Å²) in [4.78, 5) is 0. The van der Waals surface area contributed by atoms with Crippen molar-refractivity contribution in [1.82, 2.24) is 0 Å². The molecule has 0 heterocycles. The molecule has 0 amide bonds. The van der Waals surface area contributed by atoms with Crippen LogP contribution in [0.3, 0.4) is 0 Å². The van der Waals surface area contributed by atoms with Crippen LogP contribution in [-0.4, -0.2) is 11.2 Å². The maximum absolute atomic E-state index is 9.62. The van der Waals surface area contributed by atoms with Crippen LogP contribution >= 0.6 is 0 Å². The molecule has 0 bridgehead atoms. The van der Waals surface area contributed by atoms with E-state index in [1.165, 1.54) is 25.7 Å². The maximum Gasteiger partial charge on any atom is 0.0568 e. The first-order valence-corrected chi connectivity index (χ1v) is 4.88. The monoisotopic (exact) mass is 156 g/mol. The van der Waals surface area contributed by atoms with Gasteiger partial charge in [-0.15, -0.1) is 0 Å². The zero-order valence-electron chi connectivity index (χ0n) is 7.71. The SMILES string of the molecule is CC(C)CC1CCCCC1O. The van der Waals surface area contributed by atoms with Gasteiger partial charge in [-0.3, -0.25) is 0 Å². The van der Waals surface area contributed by atoms with Crippen molar-refractivity contribution in [3.05, 3.63) is 0 Å². The summed E-state index contributed by atoms with van der Waals surface area (Å²) < 4.78 is 0. The molecule has 0 aromatic heterocycles. The van der Waals surface area contributed by atoms with E-state index in [4.69, 9.17) is 0 Å². The fraction of sp³-hybridized carbons (Fsp3) is 1.00. The Morgan fingerprint density at radius 1 is 1.27 bits per heavy atom. The van der Waals surface area contributed by atoms with Gasteiger partial charge in [0.15, 0.2) is 0 Å². The van der Waals surface area contributed by atoms with Crippen molar-refractivity contribution in [2.45, 2.75) is 52.1 Å². The molecule has 2 atom stereocenters. The van der Waals surface area contributed by atoms with Crippen molar-refractivity contribution in [3.8, 4) is 0 Å². The second-order valence-corrected chi connectivity index (χ2v) is 4.24. The highest BCUT2D eigenvalue weighted by Gasteiger charge is 2.23. The summed E-state index contributed by atoms with van der Waals surface area (Å²) in [5.74, 6) is 1.34. The standard InChI is InChI=1S/C10H20O/c1-8(2)7-9-5-3-4-6-10(9)11/h8-11H,3-7H2,1-2H3. The molecule has 0 saturated heterocycles. The van der Waals surface area contributed by atoms with Gasteiger partial charge in [-0.05, 0) is 31.1 Å². The minimum atomic E-state index is 0.00569. The van der Waals surface area contributed by atoms with Crippen LogP contribution in [0.5, 0.6) is 0 Å². The quantitative estimate of drug-likeness (QED) is 0.651. The van der Waals surface area contributed by atoms with E-state index in [0.29, 0.717) is 5.92 Å². The summed E-state index contributed by atoms with van der Waals surface area (Å²) in [5.41, 5.74) is 0. The molecule has 0 radical (unpaired) electrons. The molecule has 11 heavy (non-hydrogen) atoms. The largest absolute Gasteiger partial charge is 0.393 e. The Morgan fingerprint density at radius 2 is 1.91 bits per heavy atom. The van der Waals surface area contributed by atoms with Crippen LogP contribution in [0.25, 0.3) is 0 Å². The third kappa shape index (κ3) is 2.82. The first kappa shape index (κ1) is 9.05. The van der Waals surface area contributed by atoms with Crippen molar-refractivity contribution in [2.24, 2.45) is 11.8 Å². The van der Waals surface area contributed by atoms with Gasteiger partial charge in [-0.25, -0.2) is 0 Å². The molecule has 0 aliphatic heterocycles. The first-order chi connectivity index (χ1) is 5.20. The molecule has 1 N–H and O–H groups in total. The van der Waals surface area contributed by atoms with Gasteiger partial charge in [0.25, 0.3) is 0 Å². The molecule has 66 valence electrons. The van der Waals surface area contributed by atoms with E-state index < -0.39 is 0 Å². The Balaban J connectivity index is 2.29. The van der Waals surface area contributed by atoms with Gasteiger partial charge in [0.2, 0.25) is 0 Å². The normalized spacial score (nSPS) is 32.7. The van der Waals surface area contributed by atoms with Gasteiger partial charge in [0.05, 0.1) is 6.10 Å². The zero-order valence-corrected chi connectivity index (χ0v) is 7.71. The van der Waals surface area contributed by atoms with Gasteiger partial charge in [-0.2, -0.15) is 0 Å². The highest BCUT2D eigenvalue weighted by molar-refractivity contribution is 4.74. The van der Waals surface area contributed by atoms with E-state index in [2.05, 4.69) is 13.8 Å². The maximum atomic E-state index is 9.62. The predicted octanol–water partition coefficient (Wildman–Crippen LogP) is 2.58. The molecule has 0 spiro atoms. The Kier molecular flexibility index (Phi) is 3.38. The van der Waals surface area contributed by atoms with Crippen LogP contribution in [0.15, 0.2) is 0 Å². The highest BCUT2D eigenvalue weighted by atomic mass is 16.3. The average Bonchev–Trinajstić information content (AvgIpc) is 1.93. The van der Waals surface area contributed by atoms with Crippen molar-refractivity contribution in [3.63, 3.8) is 0 Å². The lowest BCUT2D eigenvalue weighted by Crippen LogP contribution is -2.25. The topological polar surface area (TPSA) is 20.2 Å². The second kappa shape index (κ2) is 4.10. The van der Waals surface area contributed by atoms with Crippen molar-refractivity contribution in [1.29, 1.82) is 0 Å². The molecule has 0 aromatic rings. The van der Waals surface area contributed by atoms with E-state index in [1.807, 2.05) is 0 Å². The fourth-order valence-corrected chi connectivity index (χ4v) is 2.07. The van der Waals surface area contributed by atoms with Gasteiger partial charge >= 0.3 is 0 Å². The molecule has 2 unspecified atom stereocenters.